The zero-order valence-electron chi connectivity index (χ0n) is 13.8. The number of amides is 1. The van der Waals surface area contributed by atoms with Gasteiger partial charge in [0.25, 0.3) is 0 Å². The summed E-state index contributed by atoms with van der Waals surface area (Å²) in [5, 5.41) is 2.95. The van der Waals surface area contributed by atoms with Gasteiger partial charge in [0.15, 0.2) is 0 Å². The first kappa shape index (κ1) is 17.9. The Morgan fingerprint density at radius 3 is 2.30 bits per heavy atom. The molecule has 1 saturated carbocycles. The zero-order chi connectivity index (χ0) is 16.9. The fourth-order valence-corrected chi connectivity index (χ4v) is 4.08. The number of carbonyl (C=O) groups excluding carboxylic acids is 1. The first-order valence-electron chi connectivity index (χ1n) is 8.23. The molecule has 0 aromatic heterocycles. The lowest BCUT2D eigenvalue weighted by molar-refractivity contribution is -0.126. The van der Waals surface area contributed by atoms with Crippen molar-refractivity contribution in [1.82, 2.24) is 10.0 Å². The normalized spacial score (nSPS) is 22.0. The van der Waals surface area contributed by atoms with E-state index < -0.39 is 10.0 Å². The average Bonchev–Trinajstić information content (AvgIpc) is 2.54. The van der Waals surface area contributed by atoms with Gasteiger partial charge in [-0.3, -0.25) is 4.79 Å². The minimum atomic E-state index is -3.43. The molecule has 0 saturated heterocycles. The highest BCUT2D eigenvalue weighted by atomic mass is 32.2. The Hall–Kier alpha value is -1.40. The van der Waals surface area contributed by atoms with Crippen LogP contribution in [0.2, 0.25) is 0 Å². The third kappa shape index (κ3) is 5.32. The molecule has 1 aromatic carbocycles. The van der Waals surface area contributed by atoms with Crippen molar-refractivity contribution in [3.63, 3.8) is 0 Å². The summed E-state index contributed by atoms with van der Waals surface area (Å²) in [6.45, 7) is 4.36. The maximum atomic E-state index is 12.2. The van der Waals surface area contributed by atoms with E-state index in [1.807, 2.05) is 13.8 Å². The van der Waals surface area contributed by atoms with Crippen molar-refractivity contribution in [3.05, 3.63) is 30.3 Å². The Labute approximate surface area is 138 Å². The van der Waals surface area contributed by atoms with Crippen LogP contribution in [0.25, 0.3) is 0 Å². The van der Waals surface area contributed by atoms with Crippen molar-refractivity contribution >= 4 is 15.9 Å². The van der Waals surface area contributed by atoms with Gasteiger partial charge in [-0.2, -0.15) is 0 Å². The number of benzene rings is 1. The highest BCUT2D eigenvalue weighted by Crippen LogP contribution is 2.28. The van der Waals surface area contributed by atoms with Crippen LogP contribution in [0.4, 0.5) is 0 Å². The van der Waals surface area contributed by atoms with Gasteiger partial charge in [-0.05, 0) is 57.6 Å². The summed E-state index contributed by atoms with van der Waals surface area (Å²) < 4.78 is 27.1. The van der Waals surface area contributed by atoms with E-state index in [1.54, 1.807) is 30.3 Å². The molecule has 2 rings (SSSR count). The smallest absolute Gasteiger partial charge is 0.240 e. The van der Waals surface area contributed by atoms with E-state index in [1.165, 1.54) is 0 Å². The zero-order valence-corrected chi connectivity index (χ0v) is 14.6. The Bertz CT molecular complexity index is 606. The van der Waals surface area contributed by atoms with E-state index in [4.69, 9.17) is 0 Å². The first-order chi connectivity index (χ1) is 10.9. The molecule has 5 nitrogen and oxygen atoms in total. The SMILES string of the molecule is CC(C)NC(=O)C1CCC(CNS(=O)(=O)c2ccccc2)CC1. The quantitative estimate of drug-likeness (QED) is 0.836. The molecule has 1 amide bonds. The third-order valence-corrected chi connectivity index (χ3v) is 5.70. The van der Waals surface area contributed by atoms with Crippen LogP contribution in [0.15, 0.2) is 35.2 Å². The molecule has 2 N–H and O–H groups in total. The molecule has 0 atom stereocenters. The van der Waals surface area contributed by atoms with Crippen LogP contribution in [0.3, 0.4) is 0 Å². The number of sulfonamides is 1. The van der Waals surface area contributed by atoms with Crippen LogP contribution in [-0.4, -0.2) is 26.9 Å². The highest BCUT2D eigenvalue weighted by molar-refractivity contribution is 7.89. The van der Waals surface area contributed by atoms with E-state index in [-0.39, 0.29) is 17.9 Å². The fourth-order valence-electron chi connectivity index (χ4n) is 2.94. The van der Waals surface area contributed by atoms with Crippen LogP contribution in [0.1, 0.15) is 39.5 Å². The van der Waals surface area contributed by atoms with Gasteiger partial charge in [-0.1, -0.05) is 18.2 Å². The van der Waals surface area contributed by atoms with Gasteiger partial charge in [0, 0.05) is 18.5 Å². The summed E-state index contributed by atoms with van der Waals surface area (Å²) in [5.74, 6) is 0.499. The molecule has 1 aliphatic carbocycles. The first-order valence-corrected chi connectivity index (χ1v) is 9.72. The lowest BCUT2D eigenvalue weighted by Gasteiger charge is -2.28. The average molecular weight is 338 g/mol. The predicted octanol–water partition coefficient (Wildman–Crippen LogP) is 2.30. The van der Waals surface area contributed by atoms with Crippen LogP contribution >= 0.6 is 0 Å². The molecule has 0 bridgehead atoms. The van der Waals surface area contributed by atoms with Crippen molar-refractivity contribution in [1.29, 1.82) is 0 Å². The number of rotatable bonds is 6. The second kappa shape index (κ2) is 7.93. The van der Waals surface area contributed by atoms with Gasteiger partial charge < -0.3 is 5.32 Å². The van der Waals surface area contributed by atoms with Crippen molar-refractivity contribution in [3.8, 4) is 0 Å². The number of carbonyl (C=O) groups is 1. The second-order valence-electron chi connectivity index (χ2n) is 6.55. The lowest BCUT2D eigenvalue weighted by Crippen LogP contribution is -2.38. The monoisotopic (exact) mass is 338 g/mol. The van der Waals surface area contributed by atoms with Gasteiger partial charge in [0.2, 0.25) is 15.9 Å². The maximum absolute atomic E-state index is 12.2. The van der Waals surface area contributed by atoms with E-state index in [0.29, 0.717) is 17.4 Å². The Kier molecular flexibility index (Phi) is 6.18. The van der Waals surface area contributed by atoms with Crippen molar-refractivity contribution in [2.75, 3.05) is 6.54 Å². The largest absolute Gasteiger partial charge is 0.354 e. The molecule has 0 spiro atoms. The van der Waals surface area contributed by atoms with Gasteiger partial charge in [0.05, 0.1) is 4.90 Å². The minimum Gasteiger partial charge on any atom is -0.354 e. The van der Waals surface area contributed by atoms with Crippen molar-refractivity contribution in [2.24, 2.45) is 11.8 Å². The molecule has 6 heteroatoms. The van der Waals surface area contributed by atoms with Crippen LogP contribution in [0.5, 0.6) is 0 Å². The highest BCUT2D eigenvalue weighted by Gasteiger charge is 2.27. The van der Waals surface area contributed by atoms with Gasteiger partial charge in [-0.15, -0.1) is 0 Å². The molecule has 0 unspecified atom stereocenters. The number of hydrogen-bond acceptors (Lipinski definition) is 3. The molecule has 1 fully saturated rings. The van der Waals surface area contributed by atoms with E-state index >= 15 is 0 Å². The Morgan fingerprint density at radius 2 is 1.74 bits per heavy atom. The number of hydrogen-bond donors (Lipinski definition) is 2. The fraction of sp³-hybridized carbons (Fsp3) is 0.588. The topological polar surface area (TPSA) is 75.3 Å². The minimum absolute atomic E-state index is 0.0689. The number of nitrogens with one attached hydrogen (secondary N) is 2. The molecule has 0 radical (unpaired) electrons. The maximum Gasteiger partial charge on any atom is 0.240 e. The molecular weight excluding hydrogens is 312 g/mol. The standard InChI is InChI=1S/C17H26N2O3S/c1-13(2)19-17(20)15-10-8-14(9-11-15)12-18-23(21,22)16-6-4-3-5-7-16/h3-7,13-15,18H,8-12H2,1-2H3,(H,19,20). The van der Waals surface area contributed by atoms with E-state index in [0.717, 1.165) is 25.7 Å². The van der Waals surface area contributed by atoms with E-state index in [9.17, 15) is 13.2 Å². The summed E-state index contributed by atoms with van der Waals surface area (Å²) >= 11 is 0. The third-order valence-electron chi connectivity index (χ3n) is 4.26. The molecule has 1 aromatic rings. The van der Waals surface area contributed by atoms with Crippen LogP contribution < -0.4 is 10.0 Å². The van der Waals surface area contributed by atoms with Crippen molar-refractivity contribution < 1.29 is 13.2 Å². The molecular formula is C17H26N2O3S. The molecule has 0 heterocycles. The summed E-state index contributed by atoms with van der Waals surface area (Å²) in [6, 6.07) is 8.58. The van der Waals surface area contributed by atoms with E-state index in [2.05, 4.69) is 10.0 Å². The predicted molar refractivity (Wildman–Crippen MR) is 90.4 cm³/mol. The van der Waals surface area contributed by atoms with Gasteiger partial charge in [0.1, 0.15) is 0 Å². The van der Waals surface area contributed by atoms with Crippen molar-refractivity contribution in [2.45, 2.75) is 50.5 Å². The molecule has 128 valence electrons. The molecule has 1 aliphatic rings. The summed E-state index contributed by atoms with van der Waals surface area (Å²) in [7, 11) is -3.43. The summed E-state index contributed by atoms with van der Waals surface area (Å²) in [4.78, 5) is 12.3. The second-order valence-corrected chi connectivity index (χ2v) is 8.31. The van der Waals surface area contributed by atoms with Gasteiger partial charge >= 0.3 is 0 Å². The van der Waals surface area contributed by atoms with Gasteiger partial charge in [-0.25, -0.2) is 13.1 Å². The Balaban J connectivity index is 1.80. The lowest BCUT2D eigenvalue weighted by atomic mass is 9.81. The van der Waals surface area contributed by atoms with Crippen LogP contribution in [0, 0.1) is 11.8 Å². The Morgan fingerprint density at radius 1 is 1.13 bits per heavy atom. The summed E-state index contributed by atoms with van der Waals surface area (Å²) in [6.07, 6.45) is 3.42. The summed E-state index contributed by atoms with van der Waals surface area (Å²) in [5.41, 5.74) is 0. The molecule has 23 heavy (non-hydrogen) atoms. The van der Waals surface area contributed by atoms with Crippen LogP contribution in [-0.2, 0) is 14.8 Å². The molecule has 0 aliphatic heterocycles.